The number of benzene rings is 1. The molecule has 146 valence electrons. The number of nitrogens with one attached hydrogen (secondary N) is 1. The summed E-state index contributed by atoms with van der Waals surface area (Å²) in [5.74, 6) is -2.00. The van der Waals surface area contributed by atoms with Crippen molar-refractivity contribution >= 4 is 16.1 Å². The second-order valence-electron chi connectivity index (χ2n) is 7.23. The van der Waals surface area contributed by atoms with Gasteiger partial charge in [-0.15, -0.1) is 0 Å². The standard InChI is InChI=1S/C17H24F2N2O4S/c1-17(2,3)25-16(22)21(13-6-7-13)10-4-9-20-26(23,24)15-8-5-12(18)11-14(15)19/h5,8,11,13,20H,4,6-7,9-10H2,1-3H3. The van der Waals surface area contributed by atoms with Gasteiger partial charge in [0.1, 0.15) is 22.1 Å². The molecule has 9 heteroatoms. The monoisotopic (exact) mass is 390 g/mol. The highest BCUT2D eigenvalue weighted by atomic mass is 32.2. The minimum atomic E-state index is -4.09. The Kier molecular flexibility index (Phi) is 6.23. The van der Waals surface area contributed by atoms with Crippen LogP contribution < -0.4 is 4.72 Å². The van der Waals surface area contributed by atoms with Crippen LogP contribution in [0.1, 0.15) is 40.0 Å². The minimum Gasteiger partial charge on any atom is -0.444 e. The molecule has 0 spiro atoms. The van der Waals surface area contributed by atoms with Crippen molar-refractivity contribution in [1.29, 1.82) is 0 Å². The summed E-state index contributed by atoms with van der Waals surface area (Å²) in [5, 5.41) is 0. The first kappa shape index (κ1) is 20.6. The van der Waals surface area contributed by atoms with Crippen LogP contribution in [-0.2, 0) is 14.8 Å². The van der Waals surface area contributed by atoms with Gasteiger partial charge in [-0.1, -0.05) is 0 Å². The van der Waals surface area contributed by atoms with E-state index in [1.54, 1.807) is 25.7 Å². The Morgan fingerprint density at radius 2 is 1.96 bits per heavy atom. The first-order chi connectivity index (χ1) is 12.0. The second-order valence-corrected chi connectivity index (χ2v) is 8.97. The van der Waals surface area contributed by atoms with Crippen molar-refractivity contribution in [1.82, 2.24) is 9.62 Å². The average Bonchev–Trinajstić information content (AvgIpc) is 3.29. The lowest BCUT2D eigenvalue weighted by Crippen LogP contribution is -2.39. The van der Waals surface area contributed by atoms with Gasteiger partial charge in [-0.2, -0.15) is 0 Å². The fourth-order valence-corrected chi connectivity index (χ4v) is 3.49. The summed E-state index contributed by atoms with van der Waals surface area (Å²) in [4.78, 5) is 13.2. The number of hydrogen-bond donors (Lipinski definition) is 1. The highest BCUT2D eigenvalue weighted by molar-refractivity contribution is 7.89. The van der Waals surface area contributed by atoms with E-state index >= 15 is 0 Å². The third-order valence-corrected chi connectivity index (χ3v) is 5.16. The van der Waals surface area contributed by atoms with Crippen LogP contribution in [0.2, 0.25) is 0 Å². The van der Waals surface area contributed by atoms with Gasteiger partial charge in [0.05, 0.1) is 0 Å². The van der Waals surface area contributed by atoms with E-state index in [4.69, 9.17) is 4.74 Å². The Hall–Kier alpha value is -1.74. The lowest BCUT2D eigenvalue weighted by molar-refractivity contribution is 0.0232. The van der Waals surface area contributed by atoms with Crippen molar-refractivity contribution in [2.24, 2.45) is 0 Å². The molecular formula is C17H24F2N2O4S. The molecule has 0 radical (unpaired) electrons. The van der Waals surface area contributed by atoms with Gasteiger partial charge in [0.2, 0.25) is 10.0 Å². The van der Waals surface area contributed by atoms with Crippen LogP contribution in [0.4, 0.5) is 13.6 Å². The Bertz CT molecular complexity index is 759. The molecule has 0 bridgehead atoms. The molecule has 1 N–H and O–H groups in total. The molecule has 0 unspecified atom stereocenters. The molecule has 0 atom stereocenters. The van der Waals surface area contributed by atoms with Crippen LogP contribution >= 0.6 is 0 Å². The van der Waals surface area contributed by atoms with E-state index in [1.165, 1.54) is 0 Å². The van der Waals surface area contributed by atoms with Crippen LogP contribution in [-0.4, -0.2) is 44.1 Å². The predicted octanol–water partition coefficient (Wildman–Crippen LogP) is 3.03. The van der Waals surface area contributed by atoms with Crippen LogP contribution in [0.5, 0.6) is 0 Å². The minimum absolute atomic E-state index is 0.0190. The SMILES string of the molecule is CC(C)(C)OC(=O)N(CCCNS(=O)(=O)c1ccc(F)cc1F)C1CC1. The van der Waals surface area contributed by atoms with E-state index in [1.807, 2.05) is 0 Å². The van der Waals surface area contributed by atoms with Crippen LogP contribution in [0, 0.1) is 11.6 Å². The fourth-order valence-electron chi connectivity index (χ4n) is 2.36. The molecule has 0 heterocycles. The summed E-state index contributed by atoms with van der Waals surface area (Å²) in [7, 11) is -4.09. The zero-order chi connectivity index (χ0) is 19.5. The molecule has 1 amide bonds. The third-order valence-electron chi connectivity index (χ3n) is 3.67. The molecule has 1 saturated carbocycles. The van der Waals surface area contributed by atoms with Gasteiger partial charge >= 0.3 is 6.09 Å². The van der Waals surface area contributed by atoms with Crippen LogP contribution in [0.3, 0.4) is 0 Å². The maximum absolute atomic E-state index is 13.6. The summed E-state index contributed by atoms with van der Waals surface area (Å²) in [6.45, 7) is 5.68. The number of halogens is 2. The van der Waals surface area contributed by atoms with Crippen molar-refractivity contribution < 1.29 is 26.7 Å². The molecule has 0 saturated heterocycles. The van der Waals surface area contributed by atoms with Crippen molar-refractivity contribution in [2.75, 3.05) is 13.1 Å². The molecule has 1 aliphatic rings. The molecule has 0 aliphatic heterocycles. The third kappa shape index (κ3) is 5.91. The van der Waals surface area contributed by atoms with Crippen molar-refractivity contribution in [3.8, 4) is 0 Å². The summed E-state index contributed by atoms with van der Waals surface area (Å²) in [5.41, 5.74) is -0.605. The molecule has 6 nitrogen and oxygen atoms in total. The Morgan fingerprint density at radius 3 is 2.50 bits per heavy atom. The number of carbonyl (C=O) groups is 1. The normalized spacial score (nSPS) is 15.0. The molecule has 1 aromatic rings. The topological polar surface area (TPSA) is 75.7 Å². The number of nitrogens with zero attached hydrogens (tertiary/aromatic N) is 1. The van der Waals surface area contributed by atoms with Crippen molar-refractivity contribution in [2.45, 2.75) is 56.6 Å². The number of sulfonamides is 1. The largest absolute Gasteiger partial charge is 0.444 e. The Labute approximate surface area is 152 Å². The maximum Gasteiger partial charge on any atom is 0.410 e. The van der Waals surface area contributed by atoms with Gasteiger partial charge in [0, 0.05) is 25.2 Å². The number of amides is 1. The summed E-state index contributed by atoms with van der Waals surface area (Å²) >= 11 is 0. The highest BCUT2D eigenvalue weighted by Crippen LogP contribution is 2.28. The number of rotatable bonds is 7. The summed E-state index contributed by atoms with van der Waals surface area (Å²) < 4.78 is 58.4. The maximum atomic E-state index is 13.6. The van der Waals surface area contributed by atoms with Gasteiger partial charge in [0.15, 0.2) is 0 Å². The molecular weight excluding hydrogens is 366 g/mol. The van der Waals surface area contributed by atoms with Gasteiger partial charge in [0.25, 0.3) is 0 Å². The molecule has 1 aliphatic carbocycles. The van der Waals surface area contributed by atoms with Gasteiger partial charge < -0.3 is 9.64 Å². The predicted molar refractivity (Wildman–Crippen MR) is 92.1 cm³/mol. The summed E-state index contributed by atoms with van der Waals surface area (Å²) in [6.07, 6.45) is 1.71. The van der Waals surface area contributed by atoms with E-state index in [-0.39, 0.29) is 12.6 Å². The van der Waals surface area contributed by atoms with E-state index < -0.39 is 38.2 Å². The smallest absolute Gasteiger partial charge is 0.410 e. The number of carbonyl (C=O) groups excluding carboxylic acids is 1. The zero-order valence-electron chi connectivity index (χ0n) is 15.1. The van der Waals surface area contributed by atoms with E-state index in [2.05, 4.69) is 4.72 Å². The van der Waals surface area contributed by atoms with E-state index in [0.29, 0.717) is 19.0 Å². The molecule has 0 aromatic heterocycles. The number of hydrogen-bond acceptors (Lipinski definition) is 4. The van der Waals surface area contributed by atoms with Crippen LogP contribution in [0.15, 0.2) is 23.1 Å². The highest BCUT2D eigenvalue weighted by Gasteiger charge is 2.34. The van der Waals surface area contributed by atoms with Gasteiger partial charge in [-0.05, 0) is 52.2 Å². The second kappa shape index (κ2) is 7.87. The fraction of sp³-hybridized carbons (Fsp3) is 0.588. The van der Waals surface area contributed by atoms with Gasteiger partial charge in [-0.3, -0.25) is 0 Å². The zero-order valence-corrected chi connectivity index (χ0v) is 15.9. The van der Waals surface area contributed by atoms with E-state index in [9.17, 15) is 22.0 Å². The quantitative estimate of drug-likeness (QED) is 0.726. The summed E-state index contributed by atoms with van der Waals surface area (Å²) in [6, 6.07) is 2.40. The Morgan fingerprint density at radius 1 is 1.31 bits per heavy atom. The first-order valence-corrected chi connectivity index (χ1v) is 9.92. The van der Waals surface area contributed by atoms with Crippen molar-refractivity contribution in [3.63, 3.8) is 0 Å². The molecule has 26 heavy (non-hydrogen) atoms. The van der Waals surface area contributed by atoms with E-state index in [0.717, 1.165) is 25.0 Å². The van der Waals surface area contributed by atoms with Crippen LogP contribution in [0.25, 0.3) is 0 Å². The molecule has 1 fully saturated rings. The lowest BCUT2D eigenvalue weighted by Gasteiger charge is -2.27. The molecule has 2 rings (SSSR count). The van der Waals surface area contributed by atoms with Crippen molar-refractivity contribution in [3.05, 3.63) is 29.8 Å². The Balaban J connectivity index is 1.89. The number of ether oxygens (including phenoxy) is 1. The molecule has 1 aromatic carbocycles. The van der Waals surface area contributed by atoms with Gasteiger partial charge in [-0.25, -0.2) is 26.7 Å². The first-order valence-electron chi connectivity index (χ1n) is 8.44. The lowest BCUT2D eigenvalue weighted by atomic mass is 10.2. The average molecular weight is 390 g/mol.